The van der Waals surface area contributed by atoms with Crippen LogP contribution in [0.2, 0.25) is 5.02 Å². The number of carbonyl (C=O) groups is 1. The van der Waals surface area contributed by atoms with Gasteiger partial charge >= 0.3 is 0 Å². The molecular formula is C22H21ClN6O4. The predicted octanol–water partition coefficient (Wildman–Crippen LogP) is 3.28. The molecule has 4 aromatic rings. The van der Waals surface area contributed by atoms with Crippen molar-refractivity contribution < 1.29 is 14.4 Å². The molecule has 0 saturated heterocycles. The largest absolute Gasteiger partial charge is 0.501 e. The molecule has 0 aliphatic rings. The van der Waals surface area contributed by atoms with E-state index < -0.39 is 34.9 Å². The van der Waals surface area contributed by atoms with Crippen molar-refractivity contribution in [2.24, 2.45) is 7.05 Å². The van der Waals surface area contributed by atoms with Crippen LogP contribution in [0, 0.1) is 6.92 Å². The summed E-state index contributed by atoms with van der Waals surface area (Å²) in [6, 6.07) is 8.75. The third-order valence-corrected chi connectivity index (χ3v) is 5.68. The number of hydrogen-bond acceptors (Lipinski definition) is 7. The lowest BCUT2D eigenvalue weighted by atomic mass is 9.93. The van der Waals surface area contributed by atoms with E-state index in [1.54, 1.807) is 10.7 Å². The van der Waals surface area contributed by atoms with Crippen molar-refractivity contribution in [1.29, 1.82) is 0 Å². The zero-order chi connectivity index (χ0) is 23.7. The van der Waals surface area contributed by atoms with Gasteiger partial charge in [-0.25, -0.2) is 4.98 Å². The highest BCUT2D eigenvalue weighted by Gasteiger charge is 2.31. The number of amides is 1. The lowest BCUT2D eigenvalue weighted by Crippen LogP contribution is -2.30. The summed E-state index contributed by atoms with van der Waals surface area (Å²) in [6.45, 7) is 3.72. The smallest absolute Gasteiger partial charge is 0.296 e. The number of aromatic hydroxyl groups is 1. The molecule has 4 rings (SSSR count). The second-order valence-corrected chi connectivity index (χ2v) is 8.00. The Kier molecular flexibility index (Phi) is 6.01. The summed E-state index contributed by atoms with van der Waals surface area (Å²) in [5, 5.41) is 21.4. The fraction of sp³-hybridized carbons (Fsp3) is 0.227. The Balaban J connectivity index is 1.83. The van der Waals surface area contributed by atoms with Crippen LogP contribution in [0.5, 0.6) is 5.75 Å². The third kappa shape index (κ3) is 4.24. The maximum absolute atomic E-state index is 12.8. The number of halogens is 1. The first kappa shape index (κ1) is 22.3. The molecule has 11 heteroatoms. The second kappa shape index (κ2) is 8.91. The number of nitrogens with zero attached hydrogens (tertiary/aromatic N) is 5. The second-order valence-electron chi connectivity index (χ2n) is 7.59. The van der Waals surface area contributed by atoms with E-state index in [0.29, 0.717) is 5.02 Å². The Morgan fingerprint density at radius 1 is 1.27 bits per heavy atom. The molecule has 0 saturated carbocycles. The van der Waals surface area contributed by atoms with Crippen LogP contribution >= 0.6 is 11.6 Å². The monoisotopic (exact) mass is 468 g/mol. The van der Waals surface area contributed by atoms with E-state index in [1.165, 1.54) is 24.1 Å². The van der Waals surface area contributed by atoms with Gasteiger partial charge in [0.25, 0.3) is 11.5 Å². The minimum Gasteiger partial charge on any atom is -0.501 e. The zero-order valence-corrected chi connectivity index (χ0v) is 18.8. The molecule has 0 radical (unpaired) electrons. The fourth-order valence-electron chi connectivity index (χ4n) is 3.71. The number of rotatable bonds is 6. The molecule has 33 heavy (non-hydrogen) atoms. The van der Waals surface area contributed by atoms with Gasteiger partial charge in [0, 0.05) is 24.2 Å². The van der Waals surface area contributed by atoms with Crippen LogP contribution < -0.4 is 10.9 Å². The molecule has 170 valence electrons. The van der Waals surface area contributed by atoms with E-state index in [0.717, 1.165) is 11.3 Å². The number of hydrogen-bond donors (Lipinski definition) is 2. The van der Waals surface area contributed by atoms with Gasteiger partial charge in [0.2, 0.25) is 5.75 Å². The topological polar surface area (TPSA) is 128 Å². The maximum Gasteiger partial charge on any atom is 0.296 e. The van der Waals surface area contributed by atoms with E-state index in [-0.39, 0.29) is 11.5 Å². The summed E-state index contributed by atoms with van der Waals surface area (Å²) >= 11 is 6.52. The van der Waals surface area contributed by atoms with Crippen molar-refractivity contribution in [2.45, 2.75) is 25.8 Å². The summed E-state index contributed by atoms with van der Waals surface area (Å²) in [7, 11) is 1.49. The highest BCUT2D eigenvalue weighted by Crippen LogP contribution is 2.36. The minimum atomic E-state index is -0.772. The van der Waals surface area contributed by atoms with Crippen molar-refractivity contribution in [3.05, 3.63) is 87.1 Å². The summed E-state index contributed by atoms with van der Waals surface area (Å²) in [4.78, 5) is 29.9. The molecule has 10 nitrogen and oxygen atoms in total. The van der Waals surface area contributed by atoms with Gasteiger partial charge < -0.3 is 14.9 Å². The van der Waals surface area contributed by atoms with Crippen molar-refractivity contribution >= 4 is 23.2 Å². The zero-order valence-electron chi connectivity index (χ0n) is 18.1. The highest BCUT2D eigenvalue weighted by molar-refractivity contribution is 6.31. The van der Waals surface area contributed by atoms with Crippen molar-refractivity contribution in [3.63, 3.8) is 0 Å². The molecule has 0 unspecified atom stereocenters. The molecule has 3 heterocycles. The molecule has 0 spiro atoms. The van der Waals surface area contributed by atoms with Crippen LogP contribution in [-0.4, -0.2) is 35.5 Å². The van der Waals surface area contributed by atoms with Gasteiger partial charge in [0.05, 0.1) is 17.9 Å². The summed E-state index contributed by atoms with van der Waals surface area (Å²) in [5.41, 5.74) is 0.679. The van der Waals surface area contributed by atoms with Gasteiger partial charge in [-0.1, -0.05) is 41.9 Å². The average molecular weight is 469 g/mol. The van der Waals surface area contributed by atoms with E-state index in [1.807, 2.05) is 44.3 Å². The SMILES string of the molecule is Cc1ccn([C@H](c2ccccc2Cl)[C@H](C)c2nc(C(=O)Nc3cnoc3)c(O)c(=O)n2C)n1. The Bertz CT molecular complexity index is 1360. The Hall–Kier alpha value is -3.92. The normalized spacial score (nSPS) is 13.0. The van der Waals surface area contributed by atoms with Gasteiger partial charge in [-0.3, -0.25) is 18.8 Å². The highest BCUT2D eigenvalue weighted by atomic mass is 35.5. The van der Waals surface area contributed by atoms with Crippen LogP contribution in [0.25, 0.3) is 0 Å². The molecule has 3 aromatic heterocycles. The number of anilines is 1. The van der Waals surface area contributed by atoms with E-state index in [4.69, 9.17) is 16.1 Å². The first-order valence-corrected chi connectivity index (χ1v) is 10.4. The van der Waals surface area contributed by atoms with Gasteiger partial charge in [0.1, 0.15) is 17.8 Å². The Morgan fingerprint density at radius 3 is 2.67 bits per heavy atom. The molecule has 2 atom stereocenters. The van der Waals surface area contributed by atoms with E-state index in [9.17, 15) is 14.7 Å². The average Bonchev–Trinajstić information content (AvgIpc) is 3.45. The van der Waals surface area contributed by atoms with Crippen molar-refractivity contribution in [1.82, 2.24) is 24.5 Å². The van der Waals surface area contributed by atoms with Crippen molar-refractivity contribution in [3.8, 4) is 5.75 Å². The number of aryl methyl sites for hydroxylation is 1. The van der Waals surface area contributed by atoms with E-state index in [2.05, 4.69) is 20.6 Å². The van der Waals surface area contributed by atoms with Crippen LogP contribution in [0.3, 0.4) is 0 Å². The molecule has 0 fully saturated rings. The number of carbonyl (C=O) groups excluding carboxylic acids is 1. The Morgan fingerprint density at radius 2 is 2.03 bits per heavy atom. The molecule has 0 aliphatic heterocycles. The first-order valence-electron chi connectivity index (χ1n) is 10.0. The molecule has 1 aromatic carbocycles. The molecule has 0 aliphatic carbocycles. The van der Waals surface area contributed by atoms with Crippen LogP contribution in [0.15, 0.2) is 58.3 Å². The molecule has 2 N–H and O–H groups in total. The number of nitrogens with one attached hydrogen (secondary N) is 1. The predicted molar refractivity (Wildman–Crippen MR) is 121 cm³/mol. The van der Waals surface area contributed by atoms with E-state index >= 15 is 0 Å². The van der Waals surface area contributed by atoms with Crippen LogP contribution in [0.4, 0.5) is 5.69 Å². The molecular weight excluding hydrogens is 448 g/mol. The molecule has 0 bridgehead atoms. The summed E-state index contributed by atoms with van der Waals surface area (Å²) < 4.78 is 7.66. The van der Waals surface area contributed by atoms with Crippen molar-refractivity contribution in [2.75, 3.05) is 5.32 Å². The third-order valence-electron chi connectivity index (χ3n) is 5.34. The Labute approximate surface area is 193 Å². The first-order chi connectivity index (χ1) is 15.8. The maximum atomic E-state index is 12.8. The summed E-state index contributed by atoms with van der Waals surface area (Å²) in [6.07, 6.45) is 4.32. The number of benzene rings is 1. The minimum absolute atomic E-state index is 0.262. The van der Waals surface area contributed by atoms with Gasteiger partial charge in [-0.15, -0.1) is 0 Å². The van der Waals surface area contributed by atoms with Gasteiger partial charge in [0.15, 0.2) is 5.69 Å². The molecule has 1 amide bonds. The van der Waals surface area contributed by atoms with Gasteiger partial charge in [-0.2, -0.15) is 5.10 Å². The van der Waals surface area contributed by atoms with Crippen LogP contribution in [0.1, 0.15) is 46.5 Å². The lowest BCUT2D eigenvalue weighted by molar-refractivity contribution is 0.101. The lowest BCUT2D eigenvalue weighted by Gasteiger charge is -2.27. The standard InChI is InChI=1S/C22H21ClN6O4/c1-12-8-9-29(27-12)18(15-6-4-5-7-16(15)23)13(2)20-26-17(19(30)22(32)28(20)3)21(31)25-14-10-24-33-11-14/h4-11,13,18,30H,1-3H3,(H,25,31)/t13-,18-/m0/s1. The van der Waals surface area contributed by atoms with Gasteiger partial charge in [-0.05, 0) is 24.6 Å². The fourth-order valence-corrected chi connectivity index (χ4v) is 3.96. The summed E-state index contributed by atoms with van der Waals surface area (Å²) in [5.74, 6) is -1.73. The quantitative estimate of drug-likeness (QED) is 0.444. The number of aromatic nitrogens is 5. The van der Waals surface area contributed by atoms with Crippen LogP contribution in [-0.2, 0) is 7.05 Å².